The van der Waals surface area contributed by atoms with E-state index in [1.54, 1.807) is 0 Å². The van der Waals surface area contributed by atoms with Crippen molar-refractivity contribution in [2.75, 3.05) is 6.54 Å². The molecule has 2 rings (SSSR count). The number of hydrogen-bond acceptors (Lipinski definition) is 1. The van der Waals surface area contributed by atoms with Gasteiger partial charge in [0, 0.05) is 18.3 Å². The van der Waals surface area contributed by atoms with Crippen LogP contribution in [0.15, 0.2) is 0 Å². The lowest BCUT2D eigenvalue weighted by Gasteiger charge is -2.25. The van der Waals surface area contributed by atoms with Crippen molar-refractivity contribution in [2.24, 2.45) is 11.8 Å². The fraction of sp³-hybridized carbons (Fsp3) is 0.933. The maximum Gasteiger partial charge on any atom is 0.220 e. The van der Waals surface area contributed by atoms with E-state index < -0.39 is 0 Å². The third-order valence-corrected chi connectivity index (χ3v) is 4.96. The maximum absolute atomic E-state index is 11.8. The van der Waals surface area contributed by atoms with Gasteiger partial charge in [0.15, 0.2) is 0 Å². The van der Waals surface area contributed by atoms with Crippen molar-refractivity contribution < 1.29 is 4.79 Å². The van der Waals surface area contributed by atoms with Gasteiger partial charge in [0.05, 0.1) is 0 Å². The predicted molar refractivity (Wildman–Crippen MR) is 75.8 cm³/mol. The number of carbonyl (C=O) groups is 1. The molecule has 2 aliphatic rings. The zero-order chi connectivity index (χ0) is 12.8. The third kappa shape index (κ3) is 4.79. The first kappa shape index (κ1) is 14.2. The molecule has 0 radical (unpaired) electrons. The van der Waals surface area contributed by atoms with Crippen molar-refractivity contribution in [1.82, 2.24) is 5.32 Å². The quantitative estimate of drug-likeness (QED) is 0.756. The van der Waals surface area contributed by atoms with Crippen LogP contribution < -0.4 is 5.32 Å². The van der Waals surface area contributed by atoms with Crippen molar-refractivity contribution >= 4 is 17.5 Å². The smallest absolute Gasteiger partial charge is 0.220 e. The Morgan fingerprint density at radius 2 is 1.78 bits per heavy atom. The molecule has 18 heavy (non-hydrogen) atoms. The van der Waals surface area contributed by atoms with Crippen LogP contribution in [0.3, 0.4) is 0 Å². The molecule has 0 aromatic rings. The monoisotopic (exact) mass is 271 g/mol. The second-order valence-electron chi connectivity index (χ2n) is 6.12. The van der Waals surface area contributed by atoms with Gasteiger partial charge in [-0.1, -0.05) is 32.1 Å². The van der Waals surface area contributed by atoms with Gasteiger partial charge in [0.2, 0.25) is 5.91 Å². The summed E-state index contributed by atoms with van der Waals surface area (Å²) >= 11 is 6.16. The highest BCUT2D eigenvalue weighted by Gasteiger charge is 2.21. The molecule has 0 aliphatic heterocycles. The summed E-state index contributed by atoms with van der Waals surface area (Å²) in [5, 5.41) is 3.43. The fourth-order valence-corrected chi connectivity index (χ4v) is 3.80. The van der Waals surface area contributed by atoms with E-state index in [2.05, 4.69) is 5.32 Å². The van der Waals surface area contributed by atoms with E-state index in [0.29, 0.717) is 11.3 Å². The number of hydrogen-bond donors (Lipinski definition) is 1. The van der Waals surface area contributed by atoms with Crippen LogP contribution in [0.2, 0.25) is 0 Å². The minimum Gasteiger partial charge on any atom is -0.356 e. The average molecular weight is 272 g/mol. The van der Waals surface area contributed by atoms with E-state index in [4.69, 9.17) is 11.6 Å². The second-order valence-corrected chi connectivity index (χ2v) is 6.74. The standard InChI is InChI=1S/C15H26ClNO/c16-14-7-3-6-13(10-14)11-17-15(18)9-8-12-4-1-2-5-12/h12-14H,1-11H2,(H,17,18). The summed E-state index contributed by atoms with van der Waals surface area (Å²) in [6.45, 7) is 0.840. The van der Waals surface area contributed by atoms with E-state index in [1.165, 1.54) is 38.5 Å². The van der Waals surface area contributed by atoms with Crippen molar-refractivity contribution in [3.05, 3.63) is 0 Å². The number of carbonyl (C=O) groups excluding carboxylic acids is 1. The minimum absolute atomic E-state index is 0.249. The summed E-state index contributed by atoms with van der Waals surface area (Å²) in [5.74, 6) is 1.67. The summed E-state index contributed by atoms with van der Waals surface area (Å²) in [6, 6.07) is 0. The Bertz CT molecular complexity index is 263. The molecule has 104 valence electrons. The van der Waals surface area contributed by atoms with Crippen molar-refractivity contribution in [1.29, 1.82) is 0 Å². The molecule has 0 saturated heterocycles. The van der Waals surface area contributed by atoms with Crippen LogP contribution in [-0.4, -0.2) is 17.8 Å². The predicted octanol–water partition coefficient (Wildman–Crippen LogP) is 3.87. The molecule has 0 aromatic carbocycles. The number of alkyl halides is 1. The van der Waals surface area contributed by atoms with E-state index in [9.17, 15) is 4.79 Å². The molecule has 2 aliphatic carbocycles. The lowest BCUT2D eigenvalue weighted by molar-refractivity contribution is -0.121. The third-order valence-electron chi connectivity index (χ3n) is 4.56. The molecule has 1 amide bonds. The lowest BCUT2D eigenvalue weighted by atomic mass is 9.89. The van der Waals surface area contributed by atoms with Crippen molar-refractivity contribution in [3.8, 4) is 0 Å². The van der Waals surface area contributed by atoms with Crippen LogP contribution in [0.1, 0.15) is 64.2 Å². The van der Waals surface area contributed by atoms with Crippen molar-refractivity contribution in [3.63, 3.8) is 0 Å². The van der Waals surface area contributed by atoms with Crippen molar-refractivity contribution in [2.45, 2.75) is 69.6 Å². The highest BCUT2D eigenvalue weighted by Crippen LogP contribution is 2.29. The summed E-state index contributed by atoms with van der Waals surface area (Å²) in [4.78, 5) is 11.8. The molecule has 0 aromatic heterocycles. The zero-order valence-electron chi connectivity index (χ0n) is 11.3. The van der Waals surface area contributed by atoms with Crippen LogP contribution in [0.5, 0.6) is 0 Å². The molecule has 3 heteroatoms. The van der Waals surface area contributed by atoms with Crippen LogP contribution in [0, 0.1) is 11.8 Å². The van der Waals surface area contributed by atoms with Gasteiger partial charge in [-0.15, -0.1) is 11.6 Å². The van der Waals surface area contributed by atoms with Gasteiger partial charge in [-0.3, -0.25) is 4.79 Å². The molecule has 2 unspecified atom stereocenters. The number of rotatable bonds is 5. The Kier molecular flexibility index (Phi) is 5.81. The molecule has 2 fully saturated rings. The number of halogens is 1. The van der Waals surface area contributed by atoms with Crippen LogP contribution in [0.25, 0.3) is 0 Å². The first-order chi connectivity index (χ1) is 8.74. The van der Waals surface area contributed by atoms with E-state index in [0.717, 1.165) is 38.1 Å². The average Bonchev–Trinajstić information content (AvgIpc) is 2.87. The largest absolute Gasteiger partial charge is 0.356 e. The van der Waals surface area contributed by atoms with Gasteiger partial charge in [0.25, 0.3) is 0 Å². The van der Waals surface area contributed by atoms with Gasteiger partial charge in [0.1, 0.15) is 0 Å². The molecule has 0 spiro atoms. The Balaban J connectivity index is 1.56. The molecule has 2 atom stereocenters. The first-order valence-electron chi connectivity index (χ1n) is 7.65. The SMILES string of the molecule is O=C(CCC1CCCC1)NCC1CCCC(Cl)C1. The molecule has 0 heterocycles. The Labute approximate surface area is 116 Å². The van der Waals surface area contributed by atoms with Gasteiger partial charge in [-0.25, -0.2) is 0 Å². The minimum atomic E-state index is 0.249. The normalized spacial score (nSPS) is 29.4. The van der Waals surface area contributed by atoms with Crippen LogP contribution >= 0.6 is 11.6 Å². The topological polar surface area (TPSA) is 29.1 Å². The maximum atomic E-state index is 11.8. The fourth-order valence-electron chi connectivity index (χ4n) is 3.39. The Hall–Kier alpha value is -0.240. The molecule has 0 bridgehead atoms. The summed E-state index contributed by atoms with van der Waals surface area (Å²) < 4.78 is 0. The van der Waals surface area contributed by atoms with Crippen LogP contribution in [-0.2, 0) is 4.79 Å². The highest BCUT2D eigenvalue weighted by molar-refractivity contribution is 6.20. The molecular formula is C15H26ClNO. The summed E-state index contributed by atoms with van der Waals surface area (Å²) in [5.41, 5.74) is 0. The van der Waals surface area contributed by atoms with Gasteiger partial charge in [-0.05, 0) is 37.5 Å². The van der Waals surface area contributed by atoms with E-state index >= 15 is 0 Å². The van der Waals surface area contributed by atoms with E-state index in [-0.39, 0.29) is 5.91 Å². The number of amides is 1. The Morgan fingerprint density at radius 3 is 2.50 bits per heavy atom. The van der Waals surface area contributed by atoms with Gasteiger partial charge < -0.3 is 5.32 Å². The summed E-state index contributed by atoms with van der Waals surface area (Å²) in [7, 11) is 0. The molecule has 1 N–H and O–H groups in total. The molecular weight excluding hydrogens is 246 g/mol. The van der Waals surface area contributed by atoms with E-state index in [1.807, 2.05) is 0 Å². The lowest BCUT2D eigenvalue weighted by Crippen LogP contribution is -2.32. The molecule has 2 nitrogen and oxygen atoms in total. The Morgan fingerprint density at radius 1 is 1.06 bits per heavy atom. The second kappa shape index (κ2) is 7.37. The van der Waals surface area contributed by atoms with Crippen LogP contribution in [0.4, 0.5) is 0 Å². The first-order valence-corrected chi connectivity index (χ1v) is 8.08. The van der Waals surface area contributed by atoms with Gasteiger partial charge in [-0.2, -0.15) is 0 Å². The summed E-state index contributed by atoms with van der Waals surface area (Å²) in [6.07, 6.45) is 11.9. The number of nitrogens with one attached hydrogen (secondary N) is 1. The van der Waals surface area contributed by atoms with Gasteiger partial charge >= 0.3 is 0 Å². The highest BCUT2D eigenvalue weighted by atomic mass is 35.5. The zero-order valence-corrected chi connectivity index (χ0v) is 12.1. The molecule has 2 saturated carbocycles.